The third-order valence-electron chi connectivity index (χ3n) is 2.97. The van der Waals surface area contributed by atoms with Gasteiger partial charge in [0.2, 0.25) is 0 Å². The first kappa shape index (κ1) is 13.8. The summed E-state index contributed by atoms with van der Waals surface area (Å²) < 4.78 is 5.39. The Kier molecular flexibility index (Phi) is 3.71. The largest absolute Gasteiger partial charge is 0.444 e. The molecule has 0 bridgehead atoms. The van der Waals surface area contributed by atoms with E-state index in [1.807, 2.05) is 34.6 Å². The molecular weight excluding hydrogens is 216 g/mol. The fourth-order valence-corrected chi connectivity index (χ4v) is 2.17. The van der Waals surface area contributed by atoms with E-state index < -0.39 is 5.60 Å². The average Bonchev–Trinajstić information content (AvgIpc) is 2.12. The number of ether oxygens (including phenoxy) is 1. The van der Waals surface area contributed by atoms with E-state index in [0.717, 1.165) is 6.42 Å². The van der Waals surface area contributed by atoms with Crippen LogP contribution in [0.5, 0.6) is 0 Å². The summed E-state index contributed by atoms with van der Waals surface area (Å²) in [6.45, 7) is 10.2. The maximum Gasteiger partial charge on any atom is 0.410 e. The Balaban J connectivity index is 2.73. The molecule has 0 radical (unpaired) electrons. The summed E-state index contributed by atoms with van der Waals surface area (Å²) in [5, 5.41) is 8.95. The Morgan fingerprint density at radius 1 is 1.47 bits per heavy atom. The average molecular weight is 238 g/mol. The van der Waals surface area contributed by atoms with Crippen LogP contribution in [-0.2, 0) is 4.74 Å². The van der Waals surface area contributed by atoms with Crippen molar-refractivity contribution < 1.29 is 9.53 Å². The molecule has 1 saturated heterocycles. The van der Waals surface area contributed by atoms with Gasteiger partial charge in [-0.3, -0.25) is 0 Å². The van der Waals surface area contributed by atoms with Crippen molar-refractivity contribution in [3.8, 4) is 6.07 Å². The van der Waals surface area contributed by atoms with Crippen molar-refractivity contribution in [2.75, 3.05) is 6.54 Å². The lowest BCUT2D eigenvalue weighted by Crippen LogP contribution is -2.53. The van der Waals surface area contributed by atoms with E-state index in [9.17, 15) is 4.79 Å². The third-order valence-corrected chi connectivity index (χ3v) is 2.97. The molecule has 1 amide bonds. The summed E-state index contributed by atoms with van der Waals surface area (Å²) in [5.74, 6) is 0.0451. The van der Waals surface area contributed by atoms with E-state index >= 15 is 0 Å². The summed E-state index contributed by atoms with van der Waals surface area (Å²) in [7, 11) is 0. The lowest BCUT2D eigenvalue weighted by molar-refractivity contribution is -0.0108. The van der Waals surface area contributed by atoms with Gasteiger partial charge in [0.1, 0.15) is 5.60 Å². The van der Waals surface area contributed by atoms with Crippen molar-refractivity contribution in [2.45, 2.75) is 58.6 Å². The van der Waals surface area contributed by atoms with Gasteiger partial charge in [0, 0.05) is 12.1 Å². The van der Waals surface area contributed by atoms with Crippen molar-refractivity contribution in [3.63, 3.8) is 0 Å². The van der Waals surface area contributed by atoms with Crippen LogP contribution in [0.1, 0.15) is 47.5 Å². The number of rotatable bonds is 0. The monoisotopic (exact) mass is 238 g/mol. The topological polar surface area (TPSA) is 53.3 Å². The van der Waals surface area contributed by atoms with Gasteiger partial charge in [-0.25, -0.2) is 4.79 Å². The Morgan fingerprint density at radius 3 is 2.47 bits per heavy atom. The molecule has 0 aromatic heterocycles. The first-order valence-electron chi connectivity index (χ1n) is 6.06. The van der Waals surface area contributed by atoms with E-state index in [1.54, 1.807) is 4.90 Å². The standard InChI is InChI=1S/C13H22N2O2/c1-12(2,3)17-11(16)15-7-6-10(9-14)8-13(15,4)5/h10H,6-8H2,1-5H3. The van der Waals surface area contributed by atoms with Crippen LogP contribution >= 0.6 is 0 Å². The Morgan fingerprint density at radius 2 is 2.06 bits per heavy atom. The van der Waals surface area contributed by atoms with Gasteiger partial charge in [0.15, 0.2) is 0 Å². The zero-order chi connectivity index (χ0) is 13.3. The van der Waals surface area contributed by atoms with Crippen LogP contribution in [0.2, 0.25) is 0 Å². The molecule has 1 unspecified atom stereocenters. The SMILES string of the molecule is CC(C)(C)OC(=O)N1CCC(C#N)CC1(C)C. The van der Waals surface area contributed by atoms with Gasteiger partial charge < -0.3 is 9.64 Å². The van der Waals surface area contributed by atoms with Crippen LogP contribution in [0.4, 0.5) is 4.79 Å². The molecule has 4 heteroatoms. The maximum atomic E-state index is 12.0. The highest BCUT2D eigenvalue weighted by atomic mass is 16.6. The summed E-state index contributed by atoms with van der Waals surface area (Å²) >= 11 is 0. The summed E-state index contributed by atoms with van der Waals surface area (Å²) in [6.07, 6.45) is 1.17. The number of likely N-dealkylation sites (tertiary alicyclic amines) is 1. The maximum absolute atomic E-state index is 12.0. The van der Waals surface area contributed by atoms with Crippen LogP contribution in [-0.4, -0.2) is 28.7 Å². The normalized spacial score (nSPS) is 24.0. The van der Waals surface area contributed by atoms with Gasteiger partial charge >= 0.3 is 6.09 Å². The molecule has 0 spiro atoms. The predicted octanol–water partition coefficient (Wildman–Crippen LogP) is 2.94. The van der Waals surface area contributed by atoms with Gasteiger partial charge in [-0.1, -0.05) is 0 Å². The summed E-state index contributed by atoms with van der Waals surface area (Å²) in [5.41, 5.74) is -0.778. The van der Waals surface area contributed by atoms with Gasteiger partial charge in [0.25, 0.3) is 0 Å². The van der Waals surface area contributed by atoms with Gasteiger partial charge in [0.05, 0.1) is 12.0 Å². The number of nitriles is 1. The Hall–Kier alpha value is -1.24. The molecule has 17 heavy (non-hydrogen) atoms. The first-order valence-corrected chi connectivity index (χ1v) is 6.06. The molecule has 0 aliphatic carbocycles. The highest BCUT2D eigenvalue weighted by Gasteiger charge is 2.39. The number of piperidine rings is 1. The zero-order valence-corrected chi connectivity index (χ0v) is 11.4. The minimum Gasteiger partial charge on any atom is -0.444 e. The molecule has 96 valence electrons. The molecule has 1 aliphatic heterocycles. The Labute approximate surface area is 104 Å². The lowest BCUT2D eigenvalue weighted by Gasteiger charge is -2.44. The van der Waals surface area contributed by atoms with Crippen LogP contribution in [0.3, 0.4) is 0 Å². The van der Waals surface area contributed by atoms with Crippen molar-refractivity contribution in [3.05, 3.63) is 0 Å². The van der Waals surface area contributed by atoms with E-state index in [1.165, 1.54) is 0 Å². The highest BCUT2D eigenvalue weighted by molar-refractivity contribution is 5.69. The molecule has 0 saturated carbocycles. The quantitative estimate of drug-likeness (QED) is 0.652. The molecule has 0 aromatic carbocycles. The first-order chi connectivity index (χ1) is 7.65. The molecule has 1 heterocycles. The molecule has 1 fully saturated rings. The number of carbonyl (C=O) groups excluding carboxylic acids is 1. The third kappa shape index (κ3) is 3.62. The van der Waals surface area contributed by atoms with Gasteiger partial charge in [-0.05, 0) is 47.5 Å². The zero-order valence-electron chi connectivity index (χ0n) is 11.4. The predicted molar refractivity (Wildman–Crippen MR) is 65.4 cm³/mol. The van der Waals surface area contributed by atoms with Crippen molar-refractivity contribution in [2.24, 2.45) is 5.92 Å². The van der Waals surface area contributed by atoms with Crippen LogP contribution in [0.25, 0.3) is 0 Å². The van der Waals surface area contributed by atoms with Crippen LogP contribution in [0, 0.1) is 17.2 Å². The fraction of sp³-hybridized carbons (Fsp3) is 0.846. The summed E-state index contributed by atoms with van der Waals surface area (Å²) in [4.78, 5) is 13.8. The number of amides is 1. The van der Waals surface area contributed by atoms with Gasteiger partial charge in [-0.15, -0.1) is 0 Å². The highest BCUT2D eigenvalue weighted by Crippen LogP contribution is 2.32. The summed E-state index contributed by atoms with van der Waals surface area (Å²) in [6, 6.07) is 2.29. The number of nitrogens with zero attached hydrogens (tertiary/aromatic N) is 2. The molecule has 1 aliphatic rings. The van der Waals surface area contributed by atoms with E-state index in [4.69, 9.17) is 10.00 Å². The van der Waals surface area contributed by atoms with E-state index in [0.29, 0.717) is 13.0 Å². The van der Waals surface area contributed by atoms with Crippen molar-refractivity contribution in [1.82, 2.24) is 4.90 Å². The lowest BCUT2D eigenvalue weighted by atomic mass is 9.84. The van der Waals surface area contributed by atoms with Crippen molar-refractivity contribution >= 4 is 6.09 Å². The van der Waals surface area contributed by atoms with E-state index in [-0.39, 0.29) is 17.6 Å². The molecule has 0 N–H and O–H groups in total. The second-order valence-electron chi connectivity index (χ2n) is 6.26. The smallest absolute Gasteiger partial charge is 0.410 e. The van der Waals surface area contributed by atoms with Crippen molar-refractivity contribution in [1.29, 1.82) is 5.26 Å². The Bertz CT molecular complexity index is 336. The second-order valence-corrected chi connectivity index (χ2v) is 6.26. The molecule has 0 aromatic rings. The number of carbonyl (C=O) groups is 1. The fourth-order valence-electron chi connectivity index (χ4n) is 2.17. The van der Waals surface area contributed by atoms with E-state index in [2.05, 4.69) is 6.07 Å². The molecule has 1 atom stereocenters. The minimum atomic E-state index is -0.473. The molecule has 4 nitrogen and oxygen atoms in total. The van der Waals surface area contributed by atoms with Crippen LogP contribution < -0.4 is 0 Å². The van der Waals surface area contributed by atoms with Gasteiger partial charge in [-0.2, -0.15) is 5.26 Å². The minimum absolute atomic E-state index is 0.0451. The molecular formula is C13H22N2O2. The number of hydrogen-bond donors (Lipinski definition) is 0. The molecule has 1 rings (SSSR count). The van der Waals surface area contributed by atoms with Crippen LogP contribution in [0.15, 0.2) is 0 Å². The second kappa shape index (κ2) is 4.56. The number of hydrogen-bond acceptors (Lipinski definition) is 3.